The molecule has 2 saturated heterocycles. The van der Waals surface area contributed by atoms with Gasteiger partial charge in [-0.05, 0) is 58.5 Å². The molecule has 2 rings (SSSR count). The molecule has 0 aliphatic carbocycles. The van der Waals surface area contributed by atoms with E-state index in [1.54, 1.807) is 0 Å². The summed E-state index contributed by atoms with van der Waals surface area (Å²) in [6.07, 6.45) is 5.62. The fourth-order valence-corrected chi connectivity index (χ4v) is 2.93. The van der Waals surface area contributed by atoms with Crippen molar-refractivity contribution in [1.29, 1.82) is 0 Å². The van der Waals surface area contributed by atoms with Gasteiger partial charge in [-0.1, -0.05) is 0 Å². The smallest absolute Gasteiger partial charge is 0.00792 e. The van der Waals surface area contributed by atoms with Gasteiger partial charge in [-0.15, -0.1) is 0 Å². The summed E-state index contributed by atoms with van der Waals surface area (Å²) >= 11 is 0. The molecule has 2 fully saturated rings. The Morgan fingerprint density at radius 2 is 2.07 bits per heavy atom. The lowest BCUT2D eigenvalue weighted by atomic mass is 9.91. The maximum Gasteiger partial charge on any atom is 0.00792 e. The maximum atomic E-state index is 3.59. The van der Waals surface area contributed by atoms with E-state index in [1.807, 2.05) is 0 Å². The van der Waals surface area contributed by atoms with E-state index in [0.717, 1.165) is 18.0 Å². The van der Waals surface area contributed by atoms with Gasteiger partial charge in [0.05, 0.1) is 0 Å². The van der Waals surface area contributed by atoms with Gasteiger partial charge in [-0.2, -0.15) is 0 Å². The molecular formula is C12H24N2. The van der Waals surface area contributed by atoms with E-state index >= 15 is 0 Å². The molecule has 2 heteroatoms. The predicted molar refractivity (Wildman–Crippen MR) is 60.5 cm³/mol. The first-order valence-electron chi connectivity index (χ1n) is 6.25. The molecule has 3 unspecified atom stereocenters. The van der Waals surface area contributed by atoms with Crippen molar-refractivity contribution in [3.63, 3.8) is 0 Å². The Balaban J connectivity index is 1.83. The number of nitrogens with zero attached hydrogens (tertiary/aromatic N) is 1. The zero-order valence-corrected chi connectivity index (χ0v) is 9.63. The average molecular weight is 196 g/mol. The fraction of sp³-hybridized carbons (Fsp3) is 1.00. The van der Waals surface area contributed by atoms with Crippen LogP contribution in [0.25, 0.3) is 0 Å². The molecule has 2 aliphatic rings. The van der Waals surface area contributed by atoms with E-state index < -0.39 is 0 Å². The summed E-state index contributed by atoms with van der Waals surface area (Å²) in [5.74, 6) is 0.893. The molecule has 0 aromatic rings. The van der Waals surface area contributed by atoms with Gasteiger partial charge in [0.25, 0.3) is 0 Å². The Hall–Kier alpha value is -0.0800. The third-order valence-electron chi connectivity index (χ3n) is 4.08. The second-order valence-corrected chi connectivity index (χ2v) is 5.13. The van der Waals surface area contributed by atoms with Crippen LogP contribution in [0.2, 0.25) is 0 Å². The van der Waals surface area contributed by atoms with Crippen LogP contribution in [-0.2, 0) is 0 Å². The summed E-state index contributed by atoms with van der Waals surface area (Å²) in [4.78, 5) is 2.69. The van der Waals surface area contributed by atoms with E-state index in [1.165, 1.54) is 45.3 Å². The van der Waals surface area contributed by atoms with Crippen molar-refractivity contribution in [3.05, 3.63) is 0 Å². The van der Waals surface area contributed by atoms with Gasteiger partial charge < -0.3 is 10.2 Å². The second kappa shape index (κ2) is 4.63. The third-order valence-corrected chi connectivity index (χ3v) is 4.08. The van der Waals surface area contributed by atoms with Crippen LogP contribution in [-0.4, -0.2) is 36.6 Å². The van der Waals surface area contributed by atoms with E-state index in [2.05, 4.69) is 24.1 Å². The van der Waals surface area contributed by atoms with Gasteiger partial charge in [0, 0.05) is 18.6 Å². The van der Waals surface area contributed by atoms with Gasteiger partial charge in [0.1, 0.15) is 0 Å². The van der Waals surface area contributed by atoms with E-state index in [4.69, 9.17) is 0 Å². The highest BCUT2D eigenvalue weighted by molar-refractivity contribution is 4.84. The minimum atomic E-state index is 0.733. The molecule has 2 nitrogen and oxygen atoms in total. The fourth-order valence-electron chi connectivity index (χ4n) is 2.93. The molecule has 0 bridgehead atoms. The van der Waals surface area contributed by atoms with Crippen molar-refractivity contribution in [2.24, 2.45) is 5.92 Å². The first kappa shape index (κ1) is 10.4. The van der Waals surface area contributed by atoms with Crippen molar-refractivity contribution < 1.29 is 0 Å². The minimum absolute atomic E-state index is 0.733. The number of hydrogen-bond donors (Lipinski definition) is 1. The van der Waals surface area contributed by atoms with Gasteiger partial charge in [0.15, 0.2) is 0 Å². The molecule has 2 aliphatic heterocycles. The zero-order valence-electron chi connectivity index (χ0n) is 9.63. The molecule has 3 atom stereocenters. The molecule has 0 radical (unpaired) electrons. The number of likely N-dealkylation sites (tertiary alicyclic amines) is 1. The van der Waals surface area contributed by atoms with Gasteiger partial charge >= 0.3 is 0 Å². The first-order valence-corrected chi connectivity index (χ1v) is 6.25. The van der Waals surface area contributed by atoms with Crippen LogP contribution >= 0.6 is 0 Å². The van der Waals surface area contributed by atoms with Crippen molar-refractivity contribution in [3.8, 4) is 0 Å². The van der Waals surface area contributed by atoms with Crippen LogP contribution in [0.1, 0.15) is 39.5 Å². The van der Waals surface area contributed by atoms with Crippen molar-refractivity contribution in [2.45, 2.75) is 51.6 Å². The molecule has 0 amide bonds. The summed E-state index contributed by atoms with van der Waals surface area (Å²) in [5, 5.41) is 3.59. The normalized spacial score (nSPS) is 40.3. The molecule has 82 valence electrons. The number of rotatable bonds is 2. The van der Waals surface area contributed by atoms with E-state index in [-0.39, 0.29) is 0 Å². The standard InChI is InChI=1S/C12H24N2/c1-10-5-4-8-14(10)9-12-6-3-7-13-11(12)2/h10-13H,3-9H2,1-2H3. The molecule has 0 saturated carbocycles. The van der Waals surface area contributed by atoms with Crippen LogP contribution in [0.4, 0.5) is 0 Å². The van der Waals surface area contributed by atoms with Crippen LogP contribution in [0.5, 0.6) is 0 Å². The van der Waals surface area contributed by atoms with Crippen LogP contribution < -0.4 is 5.32 Å². The molecule has 2 heterocycles. The molecular weight excluding hydrogens is 172 g/mol. The van der Waals surface area contributed by atoms with Crippen LogP contribution in [0, 0.1) is 5.92 Å². The number of piperidine rings is 1. The quantitative estimate of drug-likeness (QED) is 0.725. The topological polar surface area (TPSA) is 15.3 Å². The van der Waals surface area contributed by atoms with Gasteiger partial charge in [-0.25, -0.2) is 0 Å². The van der Waals surface area contributed by atoms with E-state index in [0.29, 0.717) is 0 Å². The zero-order chi connectivity index (χ0) is 9.97. The molecule has 14 heavy (non-hydrogen) atoms. The molecule has 1 N–H and O–H groups in total. The van der Waals surface area contributed by atoms with Crippen molar-refractivity contribution >= 4 is 0 Å². The second-order valence-electron chi connectivity index (χ2n) is 5.13. The first-order chi connectivity index (χ1) is 6.77. The Morgan fingerprint density at radius 3 is 2.71 bits per heavy atom. The Bertz CT molecular complexity index is 181. The lowest BCUT2D eigenvalue weighted by molar-refractivity contribution is 0.176. The summed E-state index contributed by atoms with van der Waals surface area (Å²) in [6.45, 7) is 8.63. The molecule has 0 spiro atoms. The Labute approximate surface area is 88.1 Å². The lowest BCUT2D eigenvalue weighted by Crippen LogP contribution is -2.45. The SMILES string of the molecule is CC1NCCCC1CN1CCCC1C. The Morgan fingerprint density at radius 1 is 1.21 bits per heavy atom. The van der Waals surface area contributed by atoms with Gasteiger partial charge in [0.2, 0.25) is 0 Å². The summed E-state index contributed by atoms with van der Waals surface area (Å²) < 4.78 is 0. The van der Waals surface area contributed by atoms with E-state index in [9.17, 15) is 0 Å². The van der Waals surface area contributed by atoms with Crippen molar-refractivity contribution in [1.82, 2.24) is 10.2 Å². The molecule has 0 aromatic heterocycles. The highest BCUT2D eigenvalue weighted by Gasteiger charge is 2.27. The predicted octanol–water partition coefficient (Wildman–Crippen LogP) is 1.86. The maximum absolute atomic E-state index is 3.59. The van der Waals surface area contributed by atoms with Gasteiger partial charge in [-0.3, -0.25) is 0 Å². The average Bonchev–Trinajstić information content (AvgIpc) is 2.56. The monoisotopic (exact) mass is 196 g/mol. The van der Waals surface area contributed by atoms with Crippen LogP contribution in [0.15, 0.2) is 0 Å². The third kappa shape index (κ3) is 2.29. The largest absolute Gasteiger partial charge is 0.314 e. The highest BCUT2D eigenvalue weighted by Crippen LogP contribution is 2.23. The summed E-state index contributed by atoms with van der Waals surface area (Å²) in [6, 6.07) is 1.57. The number of hydrogen-bond acceptors (Lipinski definition) is 2. The van der Waals surface area contributed by atoms with Crippen LogP contribution in [0.3, 0.4) is 0 Å². The highest BCUT2D eigenvalue weighted by atomic mass is 15.2. The lowest BCUT2D eigenvalue weighted by Gasteiger charge is -2.34. The Kier molecular flexibility index (Phi) is 3.45. The summed E-state index contributed by atoms with van der Waals surface area (Å²) in [5.41, 5.74) is 0. The molecule has 0 aromatic carbocycles. The number of nitrogens with one attached hydrogen (secondary N) is 1. The summed E-state index contributed by atoms with van der Waals surface area (Å²) in [7, 11) is 0. The van der Waals surface area contributed by atoms with Crippen molar-refractivity contribution in [2.75, 3.05) is 19.6 Å². The minimum Gasteiger partial charge on any atom is -0.314 e.